The molecule has 1 fully saturated rings. The van der Waals surface area contributed by atoms with Gasteiger partial charge in [0.05, 0.1) is 13.2 Å². The maximum absolute atomic E-state index is 14.0. The number of nitrogens with zero attached hydrogens (tertiary/aromatic N) is 1. The van der Waals surface area contributed by atoms with E-state index in [9.17, 15) is 14.0 Å². The van der Waals surface area contributed by atoms with E-state index in [1.165, 1.54) is 7.11 Å². The standard InChI is InChI=1S/C15H26FNO5/c1-6-7-8-21-13(18)11-12(20-5)10(16)9-17(11)14(19)22-15(2,3)4/h10-12H,6-9H2,1-5H3/t10-,11-,12+/m0/s1. The van der Waals surface area contributed by atoms with Crippen LogP contribution >= 0.6 is 0 Å². The monoisotopic (exact) mass is 319 g/mol. The quantitative estimate of drug-likeness (QED) is 0.575. The van der Waals surface area contributed by atoms with Gasteiger partial charge in [0, 0.05) is 7.11 Å². The molecule has 6 nitrogen and oxygen atoms in total. The van der Waals surface area contributed by atoms with Crippen molar-refractivity contribution in [2.45, 2.75) is 64.5 Å². The van der Waals surface area contributed by atoms with Crippen LogP contribution in [0.2, 0.25) is 0 Å². The molecular weight excluding hydrogens is 293 g/mol. The predicted octanol–water partition coefficient (Wildman–Crippen LogP) is 2.30. The van der Waals surface area contributed by atoms with Gasteiger partial charge in [0.1, 0.15) is 17.9 Å². The van der Waals surface area contributed by atoms with Gasteiger partial charge in [-0.05, 0) is 27.2 Å². The van der Waals surface area contributed by atoms with Gasteiger partial charge in [-0.15, -0.1) is 0 Å². The molecule has 0 radical (unpaired) electrons. The van der Waals surface area contributed by atoms with Crippen molar-refractivity contribution >= 4 is 12.1 Å². The largest absolute Gasteiger partial charge is 0.464 e. The van der Waals surface area contributed by atoms with E-state index in [1.54, 1.807) is 20.8 Å². The second-order valence-corrected chi connectivity index (χ2v) is 6.31. The zero-order valence-corrected chi connectivity index (χ0v) is 13.9. The number of likely N-dealkylation sites (tertiary alicyclic amines) is 1. The number of unbranched alkanes of at least 4 members (excludes halogenated alkanes) is 1. The first-order valence-corrected chi connectivity index (χ1v) is 7.54. The highest BCUT2D eigenvalue weighted by molar-refractivity contribution is 5.83. The van der Waals surface area contributed by atoms with Crippen molar-refractivity contribution in [1.29, 1.82) is 0 Å². The molecule has 1 heterocycles. The maximum Gasteiger partial charge on any atom is 0.411 e. The van der Waals surface area contributed by atoms with Gasteiger partial charge < -0.3 is 14.2 Å². The molecule has 0 saturated carbocycles. The first-order chi connectivity index (χ1) is 10.2. The molecule has 7 heteroatoms. The van der Waals surface area contributed by atoms with Gasteiger partial charge in [0.25, 0.3) is 0 Å². The van der Waals surface area contributed by atoms with Gasteiger partial charge in [-0.25, -0.2) is 14.0 Å². The summed E-state index contributed by atoms with van der Waals surface area (Å²) in [6, 6.07) is -1.12. The summed E-state index contributed by atoms with van der Waals surface area (Å²) in [6.45, 7) is 7.07. The average Bonchev–Trinajstić information content (AvgIpc) is 2.74. The SMILES string of the molecule is CCCCOC(=O)[C@@H]1[C@H](OC)[C@@H](F)CN1C(=O)OC(C)(C)C. The lowest BCUT2D eigenvalue weighted by Crippen LogP contribution is -2.48. The topological polar surface area (TPSA) is 65.1 Å². The number of rotatable bonds is 5. The van der Waals surface area contributed by atoms with E-state index >= 15 is 0 Å². The van der Waals surface area contributed by atoms with Crippen molar-refractivity contribution in [2.75, 3.05) is 20.3 Å². The van der Waals surface area contributed by atoms with Crippen molar-refractivity contribution < 1.29 is 28.2 Å². The molecule has 0 bridgehead atoms. The Labute approximate surface area is 130 Å². The number of carbonyl (C=O) groups is 2. The minimum atomic E-state index is -1.46. The van der Waals surface area contributed by atoms with Crippen LogP contribution < -0.4 is 0 Å². The van der Waals surface area contributed by atoms with Crippen LogP contribution in [-0.2, 0) is 19.0 Å². The van der Waals surface area contributed by atoms with Crippen LogP contribution in [0.3, 0.4) is 0 Å². The third-order valence-corrected chi connectivity index (χ3v) is 3.26. The summed E-state index contributed by atoms with van der Waals surface area (Å²) in [7, 11) is 1.31. The summed E-state index contributed by atoms with van der Waals surface area (Å²) in [6.07, 6.45) is -1.66. The number of amides is 1. The second-order valence-electron chi connectivity index (χ2n) is 6.31. The Balaban J connectivity index is 2.84. The fourth-order valence-electron chi connectivity index (χ4n) is 2.23. The van der Waals surface area contributed by atoms with E-state index in [4.69, 9.17) is 14.2 Å². The molecule has 22 heavy (non-hydrogen) atoms. The molecule has 0 aromatic carbocycles. The van der Waals surface area contributed by atoms with Crippen LogP contribution in [0.15, 0.2) is 0 Å². The Bertz CT molecular complexity index is 396. The molecule has 128 valence electrons. The number of halogens is 1. The summed E-state index contributed by atoms with van der Waals surface area (Å²) in [4.78, 5) is 25.4. The molecule has 1 aliphatic heterocycles. The molecular formula is C15H26FNO5. The van der Waals surface area contributed by atoms with E-state index in [0.717, 1.165) is 11.3 Å². The number of esters is 1. The Hall–Kier alpha value is -1.37. The summed E-state index contributed by atoms with van der Waals surface area (Å²) >= 11 is 0. The average molecular weight is 319 g/mol. The third kappa shape index (κ3) is 4.83. The summed E-state index contributed by atoms with van der Waals surface area (Å²) < 4.78 is 29.4. The van der Waals surface area contributed by atoms with Crippen molar-refractivity contribution in [1.82, 2.24) is 4.90 Å². The maximum atomic E-state index is 14.0. The molecule has 1 aliphatic rings. The Morgan fingerprint density at radius 3 is 2.45 bits per heavy atom. The highest BCUT2D eigenvalue weighted by atomic mass is 19.1. The van der Waals surface area contributed by atoms with Gasteiger partial charge in [-0.3, -0.25) is 4.90 Å². The fourth-order valence-corrected chi connectivity index (χ4v) is 2.23. The van der Waals surface area contributed by atoms with E-state index in [0.29, 0.717) is 6.42 Å². The number of carbonyl (C=O) groups excluding carboxylic acids is 2. The van der Waals surface area contributed by atoms with Gasteiger partial charge in [-0.1, -0.05) is 13.3 Å². The smallest absolute Gasteiger partial charge is 0.411 e. The number of methoxy groups -OCH3 is 1. The van der Waals surface area contributed by atoms with Crippen LogP contribution in [0.25, 0.3) is 0 Å². The third-order valence-electron chi connectivity index (χ3n) is 3.26. The Morgan fingerprint density at radius 2 is 1.95 bits per heavy atom. The predicted molar refractivity (Wildman–Crippen MR) is 78.3 cm³/mol. The van der Waals surface area contributed by atoms with E-state index in [-0.39, 0.29) is 13.2 Å². The number of ether oxygens (including phenoxy) is 3. The van der Waals surface area contributed by atoms with E-state index in [2.05, 4.69) is 0 Å². The van der Waals surface area contributed by atoms with Crippen molar-refractivity contribution in [3.8, 4) is 0 Å². The zero-order valence-electron chi connectivity index (χ0n) is 13.9. The molecule has 1 rings (SSSR count). The van der Waals surface area contributed by atoms with Gasteiger partial charge in [0.2, 0.25) is 0 Å². The Kier molecular flexibility index (Phi) is 6.59. The van der Waals surface area contributed by atoms with E-state index in [1.807, 2.05) is 6.92 Å². The number of hydrogen-bond donors (Lipinski definition) is 0. The minimum absolute atomic E-state index is 0.237. The van der Waals surface area contributed by atoms with Crippen LogP contribution in [0.1, 0.15) is 40.5 Å². The minimum Gasteiger partial charge on any atom is -0.464 e. The van der Waals surface area contributed by atoms with Gasteiger partial charge in [0.15, 0.2) is 6.04 Å². The zero-order chi connectivity index (χ0) is 16.9. The van der Waals surface area contributed by atoms with Crippen molar-refractivity contribution in [2.24, 2.45) is 0 Å². The molecule has 0 N–H and O–H groups in total. The van der Waals surface area contributed by atoms with Crippen molar-refractivity contribution in [3.05, 3.63) is 0 Å². The lowest BCUT2D eigenvalue weighted by molar-refractivity contribution is -0.153. The molecule has 1 amide bonds. The summed E-state index contributed by atoms with van der Waals surface area (Å²) in [5, 5.41) is 0. The first kappa shape index (κ1) is 18.7. The summed E-state index contributed by atoms with van der Waals surface area (Å²) in [5.74, 6) is -0.661. The van der Waals surface area contributed by atoms with Crippen LogP contribution in [0, 0.1) is 0 Å². The number of hydrogen-bond acceptors (Lipinski definition) is 5. The first-order valence-electron chi connectivity index (χ1n) is 7.54. The number of alkyl halides is 1. The normalized spacial score (nSPS) is 25.2. The van der Waals surface area contributed by atoms with E-state index < -0.39 is 36.0 Å². The van der Waals surface area contributed by atoms with Gasteiger partial charge >= 0.3 is 12.1 Å². The molecule has 3 atom stereocenters. The van der Waals surface area contributed by atoms with Crippen molar-refractivity contribution in [3.63, 3.8) is 0 Å². The molecule has 0 aromatic rings. The highest BCUT2D eigenvalue weighted by Gasteiger charge is 2.50. The molecule has 0 aromatic heterocycles. The van der Waals surface area contributed by atoms with Crippen LogP contribution in [0.5, 0.6) is 0 Å². The highest BCUT2D eigenvalue weighted by Crippen LogP contribution is 2.26. The van der Waals surface area contributed by atoms with Crippen LogP contribution in [0.4, 0.5) is 9.18 Å². The molecule has 1 saturated heterocycles. The van der Waals surface area contributed by atoms with Gasteiger partial charge in [-0.2, -0.15) is 0 Å². The summed E-state index contributed by atoms with van der Waals surface area (Å²) in [5.41, 5.74) is -0.731. The lowest BCUT2D eigenvalue weighted by atomic mass is 10.1. The Morgan fingerprint density at radius 1 is 1.32 bits per heavy atom. The second kappa shape index (κ2) is 7.76. The molecule has 0 unspecified atom stereocenters. The molecule has 0 spiro atoms. The fraction of sp³-hybridized carbons (Fsp3) is 0.867. The molecule has 0 aliphatic carbocycles. The van der Waals surface area contributed by atoms with Crippen LogP contribution in [-0.4, -0.2) is 61.1 Å². The lowest BCUT2D eigenvalue weighted by Gasteiger charge is -2.28.